The molecule has 0 saturated carbocycles. The van der Waals surface area contributed by atoms with E-state index in [9.17, 15) is 0 Å². The lowest BCUT2D eigenvalue weighted by Gasteiger charge is -2.29. The lowest BCUT2D eigenvalue weighted by atomic mass is 10.1. The molecule has 162 valence electrons. The number of likely N-dealkylation sites (N-methyl/N-ethyl adjacent to an activating group) is 1. The van der Waals surface area contributed by atoms with E-state index in [0.29, 0.717) is 17.4 Å². The molecular formula is C22H28N8O. The monoisotopic (exact) mass is 420 g/mol. The van der Waals surface area contributed by atoms with Gasteiger partial charge in [0.25, 0.3) is 0 Å². The number of aliphatic imine (C=N–C) groups is 1. The molecule has 2 aromatic heterocycles. The van der Waals surface area contributed by atoms with Crippen molar-refractivity contribution in [3.63, 3.8) is 0 Å². The van der Waals surface area contributed by atoms with Crippen LogP contribution in [-0.2, 0) is 6.42 Å². The molecule has 1 saturated heterocycles. The van der Waals surface area contributed by atoms with Gasteiger partial charge in [0.1, 0.15) is 5.82 Å². The molecule has 0 bridgehead atoms. The molecule has 1 fully saturated rings. The molecule has 9 heteroatoms. The molecule has 9 nitrogen and oxygen atoms in total. The molecule has 3 aromatic rings. The first-order chi connectivity index (χ1) is 15.1. The predicted octanol–water partition coefficient (Wildman–Crippen LogP) is 1.78. The van der Waals surface area contributed by atoms with Crippen molar-refractivity contribution in [1.82, 2.24) is 15.3 Å². The summed E-state index contributed by atoms with van der Waals surface area (Å²) < 4.78 is 5.26. The lowest BCUT2D eigenvalue weighted by Crippen LogP contribution is -2.43. The van der Waals surface area contributed by atoms with Gasteiger partial charge in [-0.3, -0.25) is 0 Å². The molecule has 3 heterocycles. The summed E-state index contributed by atoms with van der Waals surface area (Å²) in [4.78, 5) is 17.3. The standard InChI is InChI=1S/C22H28N8O/c1-29(11-8-16-4-6-17(7-5-16)30-12-9-25-10-13-30)20-15-19(27-22(24)28-20)26-21(23)18-3-2-14-31-18/h2-7,14-15,25H,8-13H2,1H3,(H4,23,24,26,27,28). The first kappa shape index (κ1) is 20.7. The largest absolute Gasteiger partial charge is 0.461 e. The molecule has 0 spiro atoms. The van der Waals surface area contributed by atoms with Gasteiger partial charge in [-0.1, -0.05) is 12.1 Å². The van der Waals surface area contributed by atoms with Crippen molar-refractivity contribution in [2.45, 2.75) is 6.42 Å². The maximum Gasteiger partial charge on any atom is 0.224 e. The average molecular weight is 421 g/mol. The molecule has 1 aliphatic heterocycles. The maximum absolute atomic E-state index is 5.98. The predicted molar refractivity (Wildman–Crippen MR) is 124 cm³/mol. The summed E-state index contributed by atoms with van der Waals surface area (Å²) in [6, 6.07) is 14.0. The van der Waals surface area contributed by atoms with Crippen LogP contribution in [0.3, 0.4) is 0 Å². The fourth-order valence-corrected chi connectivity index (χ4v) is 3.50. The third-order valence-corrected chi connectivity index (χ3v) is 5.27. The highest BCUT2D eigenvalue weighted by atomic mass is 16.3. The quantitative estimate of drug-likeness (QED) is 0.391. The molecule has 0 unspecified atom stereocenters. The summed E-state index contributed by atoms with van der Waals surface area (Å²) in [6.45, 7) is 4.95. The van der Waals surface area contributed by atoms with Crippen LogP contribution in [0.25, 0.3) is 0 Å². The molecule has 31 heavy (non-hydrogen) atoms. The highest BCUT2D eigenvalue weighted by molar-refractivity contribution is 5.96. The Labute approximate surface area is 181 Å². The smallest absolute Gasteiger partial charge is 0.224 e. The minimum absolute atomic E-state index is 0.149. The number of hydrogen-bond donors (Lipinski definition) is 3. The van der Waals surface area contributed by atoms with Crippen molar-refractivity contribution in [2.24, 2.45) is 10.7 Å². The average Bonchev–Trinajstić information content (AvgIpc) is 3.33. The van der Waals surface area contributed by atoms with Crippen molar-refractivity contribution in [2.75, 3.05) is 55.3 Å². The van der Waals surface area contributed by atoms with Crippen LogP contribution in [0.5, 0.6) is 0 Å². The van der Waals surface area contributed by atoms with Crippen LogP contribution in [0.15, 0.2) is 58.1 Å². The second-order valence-electron chi connectivity index (χ2n) is 7.49. The second-order valence-corrected chi connectivity index (χ2v) is 7.49. The molecule has 0 aliphatic carbocycles. The minimum atomic E-state index is 0.149. The van der Waals surface area contributed by atoms with Crippen LogP contribution in [0.2, 0.25) is 0 Å². The number of benzene rings is 1. The Morgan fingerprint density at radius 2 is 1.97 bits per heavy atom. The highest BCUT2D eigenvalue weighted by Crippen LogP contribution is 2.20. The Balaban J connectivity index is 1.39. The van der Waals surface area contributed by atoms with Gasteiger partial charge in [-0.15, -0.1) is 0 Å². The number of rotatable bonds is 7. The molecule has 1 aliphatic rings. The van der Waals surface area contributed by atoms with Crippen molar-refractivity contribution in [3.8, 4) is 0 Å². The lowest BCUT2D eigenvalue weighted by molar-refractivity contribution is 0.557. The Hall–Kier alpha value is -3.59. The van der Waals surface area contributed by atoms with Crippen molar-refractivity contribution in [3.05, 3.63) is 60.1 Å². The second kappa shape index (κ2) is 9.48. The Kier molecular flexibility index (Phi) is 6.32. The maximum atomic E-state index is 5.98. The van der Waals surface area contributed by atoms with Crippen molar-refractivity contribution >= 4 is 29.1 Å². The van der Waals surface area contributed by atoms with Crippen LogP contribution in [0.1, 0.15) is 11.3 Å². The van der Waals surface area contributed by atoms with E-state index in [-0.39, 0.29) is 11.8 Å². The van der Waals surface area contributed by atoms with Gasteiger partial charge in [0.2, 0.25) is 5.95 Å². The Bertz CT molecular complexity index is 1010. The topological polar surface area (TPSA) is 122 Å². The van der Waals surface area contributed by atoms with Crippen LogP contribution in [0, 0.1) is 0 Å². The number of piperazine rings is 1. The van der Waals surface area contributed by atoms with E-state index in [1.54, 1.807) is 24.5 Å². The molecule has 0 amide bonds. The fourth-order valence-electron chi connectivity index (χ4n) is 3.50. The molecule has 0 radical (unpaired) electrons. The number of amidine groups is 1. The first-order valence-corrected chi connectivity index (χ1v) is 10.4. The molecule has 5 N–H and O–H groups in total. The van der Waals surface area contributed by atoms with Crippen molar-refractivity contribution < 1.29 is 4.42 Å². The number of hydrogen-bond acceptors (Lipinski definition) is 8. The van der Waals surface area contributed by atoms with E-state index in [0.717, 1.165) is 39.1 Å². The molecular weight excluding hydrogens is 392 g/mol. The first-order valence-electron chi connectivity index (χ1n) is 10.4. The number of nitrogens with two attached hydrogens (primary N) is 2. The zero-order valence-electron chi connectivity index (χ0n) is 17.7. The summed E-state index contributed by atoms with van der Waals surface area (Å²) >= 11 is 0. The van der Waals surface area contributed by atoms with E-state index in [1.165, 1.54) is 11.3 Å². The third kappa shape index (κ3) is 5.32. The van der Waals surface area contributed by atoms with Gasteiger partial charge in [-0.25, -0.2) is 4.99 Å². The van der Waals surface area contributed by atoms with Crippen LogP contribution in [-0.4, -0.2) is 55.6 Å². The van der Waals surface area contributed by atoms with E-state index >= 15 is 0 Å². The number of nitrogens with one attached hydrogen (secondary N) is 1. The van der Waals surface area contributed by atoms with Crippen LogP contribution < -0.4 is 26.6 Å². The molecule has 0 atom stereocenters. The van der Waals surface area contributed by atoms with E-state index in [1.807, 2.05) is 11.9 Å². The summed E-state index contributed by atoms with van der Waals surface area (Å²) in [6.07, 6.45) is 2.43. The summed E-state index contributed by atoms with van der Waals surface area (Å²) in [5.41, 5.74) is 14.4. The Morgan fingerprint density at radius 1 is 1.19 bits per heavy atom. The van der Waals surface area contributed by atoms with E-state index in [4.69, 9.17) is 15.9 Å². The van der Waals surface area contributed by atoms with Gasteiger partial charge in [0.15, 0.2) is 17.4 Å². The minimum Gasteiger partial charge on any atom is -0.461 e. The number of aromatic nitrogens is 2. The summed E-state index contributed by atoms with van der Waals surface area (Å²) in [5, 5.41) is 3.38. The van der Waals surface area contributed by atoms with E-state index in [2.05, 4.69) is 49.4 Å². The number of anilines is 3. The van der Waals surface area contributed by atoms with Gasteiger partial charge < -0.3 is 31.0 Å². The zero-order chi connectivity index (χ0) is 21.6. The van der Waals surface area contributed by atoms with Gasteiger partial charge in [0, 0.05) is 51.5 Å². The number of nitrogen functional groups attached to an aromatic ring is 1. The highest BCUT2D eigenvalue weighted by Gasteiger charge is 2.11. The van der Waals surface area contributed by atoms with Gasteiger partial charge >= 0.3 is 0 Å². The molecule has 1 aromatic carbocycles. The zero-order valence-corrected chi connectivity index (χ0v) is 17.7. The van der Waals surface area contributed by atoms with Crippen LogP contribution in [0.4, 0.5) is 23.3 Å². The molecule has 4 rings (SSSR count). The van der Waals surface area contributed by atoms with Crippen LogP contribution >= 0.6 is 0 Å². The van der Waals surface area contributed by atoms with Gasteiger partial charge in [0.05, 0.1) is 6.26 Å². The third-order valence-electron chi connectivity index (χ3n) is 5.27. The van der Waals surface area contributed by atoms with E-state index < -0.39 is 0 Å². The van der Waals surface area contributed by atoms with Gasteiger partial charge in [-0.2, -0.15) is 9.97 Å². The number of nitrogens with zero attached hydrogens (tertiary/aromatic N) is 5. The van der Waals surface area contributed by atoms with Gasteiger partial charge in [-0.05, 0) is 36.2 Å². The normalized spacial score (nSPS) is 14.6. The Morgan fingerprint density at radius 3 is 2.68 bits per heavy atom. The summed E-state index contributed by atoms with van der Waals surface area (Å²) in [7, 11) is 1.97. The summed E-state index contributed by atoms with van der Waals surface area (Å²) in [5.74, 6) is 1.95. The SMILES string of the molecule is CN(CCc1ccc(N2CCNCC2)cc1)c1cc(N=C(N)c2ccco2)nc(N)n1. The fraction of sp³-hybridized carbons (Fsp3) is 0.318. The number of furan rings is 1. The van der Waals surface area contributed by atoms with Crippen molar-refractivity contribution in [1.29, 1.82) is 0 Å².